The molecule has 2 amide bonds. The Bertz CT molecular complexity index is 1220. The van der Waals surface area contributed by atoms with Crippen LogP contribution < -0.4 is 21.4 Å². The quantitative estimate of drug-likeness (QED) is 0.210. The first kappa shape index (κ1) is 30.0. The number of halogens is 4. The molecule has 0 fully saturated rings. The van der Waals surface area contributed by atoms with Crippen LogP contribution in [0.25, 0.3) is 0 Å². The molecule has 0 saturated carbocycles. The number of hydrogen-bond acceptors (Lipinski definition) is 7. The highest BCUT2D eigenvalue weighted by Gasteiger charge is 2.31. The van der Waals surface area contributed by atoms with Crippen molar-refractivity contribution in [2.45, 2.75) is 19.6 Å². The molecule has 0 spiro atoms. The van der Waals surface area contributed by atoms with Crippen LogP contribution in [-0.2, 0) is 27.1 Å². The summed E-state index contributed by atoms with van der Waals surface area (Å²) < 4.78 is 39.3. The number of benzene rings is 2. The van der Waals surface area contributed by atoms with Gasteiger partial charge >= 0.3 is 6.18 Å². The second-order valence-electron chi connectivity index (χ2n) is 8.14. The fourth-order valence-electron chi connectivity index (χ4n) is 3.09. The topological polar surface area (TPSA) is 117 Å². The summed E-state index contributed by atoms with van der Waals surface area (Å²) in [5.74, 6) is -1.39. The Balaban J connectivity index is 2.45. The Hall–Kier alpha value is -4.19. The number of ketones is 1. The van der Waals surface area contributed by atoms with E-state index in [1.807, 2.05) is 0 Å². The number of nitrogens with zero attached hydrogens (tertiary/aromatic N) is 2. The molecule has 0 radical (unpaired) electrons. The summed E-state index contributed by atoms with van der Waals surface area (Å²) >= 11 is 5.93. The van der Waals surface area contributed by atoms with E-state index in [2.05, 4.69) is 10.8 Å². The zero-order valence-corrected chi connectivity index (χ0v) is 21.6. The number of rotatable bonds is 12. The van der Waals surface area contributed by atoms with Gasteiger partial charge in [-0.3, -0.25) is 14.4 Å². The monoisotopic (exact) mass is 553 g/mol. The number of allylic oxidation sites excluding steroid dienone is 1. The summed E-state index contributed by atoms with van der Waals surface area (Å²) in [6.07, 6.45) is -3.06. The SMILES string of the molecule is CC(=O)C=C(N)CN(C)C(=O)/C(NCc1ccc(Cl)cc1)=C(/NOc1cccc(C(F)(F)F)c1)N(C)C=O. The average molecular weight is 554 g/mol. The highest BCUT2D eigenvalue weighted by molar-refractivity contribution is 6.30. The van der Waals surface area contributed by atoms with Crippen molar-refractivity contribution in [3.63, 3.8) is 0 Å². The standard InChI is InChI=1S/C25H27ClF3N5O4/c1-16(36)11-20(30)14-33(2)24(37)22(31-13-17-7-9-19(26)10-8-17)23(34(3)15-35)32-38-21-6-4-5-18(12-21)25(27,28)29/h4-12,15,31-32H,13-14,30H2,1-3H3/b20-11?,23-22+. The molecule has 2 rings (SSSR count). The largest absolute Gasteiger partial charge is 0.416 e. The van der Waals surface area contributed by atoms with Gasteiger partial charge in [0.15, 0.2) is 17.4 Å². The van der Waals surface area contributed by atoms with Crippen molar-refractivity contribution < 1.29 is 32.4 Å². The van der Waals surface area contributed by atoms with Crippen LogP contribution >= 0.6 is 11.6 Å². The van der Waals surface area contributed by atoms with Crippen LogP contribution in [0.5, 0.6) is 5.75 Å². The van der Waals surface area contributed by atoms with E-state index < -0.39 is 17.6 Å². The van der Waals surface area contributed by atoms with Crippen molar-refractivity contribution in [3.05, 3.63) is 88.0 Å². The first-order chi connectivity index (χ1) is 17.8. The molecule has 0 bridgehead atoms. The minimum atomic E-state index is -4.60. The van der Waals surface area contributed by atoms with Crippen molar-refractivity contribution in [2.75, 3.05) is 20.6 Å². The van der Waals surface area contributed by atoms with Crippen LogP contribution in [0.1, 0.15) is 18.1 Å². The second-order valence-corrected chi connectivity index (χ2v) is 8.58. The maximum atomic E-state index is 13.4. The molecule has 0 aromatic heterocycles. The molecule has 0 unspecified atom stereocenters. The predicted molar refractivity (Wildman–Crippen MR) is 135 cm³/mol. The molecule has 0 aliphatic rings. The Morgan fingerprint density at radius 1 is 1.13 bits per heavy atom. The highest BCUT2D eigenvalue weighted by atomic mass is 35.5. The first-order valence-electron chi connectivity index (χ1n) is 11.0. The smallest absolute Gasteiger partial charge is 0.400 e. The van der Waals surface area contributed by atoms with Gasteiger partial charge in [0, 0.05) is 37.4 Å². The molecule has 4 N–H and O–H groups in total. The summed E-state index contributed by atoms with van der Waals surface area (Å²) in [5, 5.41) is 3.44. The Morgan fingerprint density at radius 2 is 1.79 bits per heavy atom. The summed E-state index contributed by atoms with van der Waals surface area (Å²) in [6.45, 7) is 1.28. The van der Waals surface area contributed by atoms with Crippen molar-refractivity contribution in [2.24, 2.45) is 5.73 Å². The molecule has 0 aliphatic heterocycles. The van der Waals surface area contributed by atoms with Crippen LogP contribution in [0.2, 0.25) is 5.02 Å². The molecular formula is C25H27ClF3N5O4. The molecule has 2 aromatic rings. The molecular weight excluding hydrogens is 527 g/mol. The Morgan fingerprint density at radius 3 is 2.37 bits per heavy atom. The molecule has 13 heteroatoms. The van der Waals surface area contributed by atoms with E-state index in [0.29, 0.717) is 11.4 Å². The third-order valence-corrected chi connectivity index (χ3v) is 5.18. The number of nitrogens with two attached hydrogens (primary N) is 1. The first-order valence-corrected chi connectivity index (χ1v) is 11.4. The zero-order chi connectivity index (χ0) is 28.5. The average Bonchev–Trinajstić information content (AvgIpc) is 2.85. The number of alkyl halides is 3. The van der Waals surface area contributed by atoms with E-state index in [0.717, 1.165) is 28.7 Å². The van der Waals surface area contributed by atoms with Gasteiger partial charge < -0.3 is 25.7 Å². The fraction of sp³-hybridized carbons (Fsp3) is 0.240. The number of carbonyl (C=O) groups is 3. The summed E-state index contributed by atoms with van der Waals surface area (Å²) in [6, 6.07) is 10.8. The molecule has 204 valence electrons. The predicted octanol–water partition coefficient (Wildman–Crippen LogP) is 3.18. The van der Waals surface area contributed by atoms with Crippen molar-refractivity contribution in [3.8, 4) is 5.75 Å². The van der Waals surface area contributed by atoms with Crippen molar-refractivity contribution in [1.82, 2.24) is 20.6 Å². The maximum Gasteiger partial charge on any atom is 0.416 e. The van der Waals surface area contributed by atoms with Crippen molar-refractivity contribution >= 4 is 29.7 Å². The number of hydroxylamine groups is 1. The Kier molecular flexibility index (Phi) is 10.6. The lowest BCUT2D eigenvalue weighted by Gasteiger charge is -2.26. The summed E-state index contributed by atoms with van der Waals surface area (Å²) in [5.41, 5.74) is 7.97. The number of amides is 2. The van der Waals surface area contributed by atoms with E-state index in [-0.39, 0.29) is 41.8 Å². The molecule has 0 saturated heterocycles. The van der Waals surface area contributed by atoms with Crippen molar-refractivity contribution in [1.29, 1.82) is 0 Å². The van der Waals surface area contributed by atoms with E-state index in [1.54, 1.807) is 24.3 Å². The van der Waals surface area contributed by atoms with Gasteiger partial charge in [-0.05, 0) is 42.8 Å². The van der Waals surface area contributed by atoms with E-state index >= 15 is 0 Å². The zero-order valence-electron chi connectivity index (χ0n) is 20.8. The normalized spacial score (nSPS) is 12.2. The number of nitrogens with one attached hydrogen (secondary N) is 2. The summed E-state index contributed by atoms with van der Waals surface area (Å²) in [7, 11) is 2.73. The van der Waals surface area contributed by atoms with Gasteiger partial charge in [0.25, 0.3) is 5.91 Å². The van der Waals surface area contributed by atoms with E-state index in [1.165, 1.54) is 38.1 Å². The molecule has 0 atom stereocenters. The van der Waals surface area contributed by atoms with Crippen LogP contribution in [0.4, 0.5) is 13.2 Å². The molecule has 0 heterocycles. The van der Waals surface area contributed by atoms with Gasteiger partial charge in [0.05, 0.1) is 12.1 Å². The van der Waals surface area contributed by atoms with Gasteiger partial charge in [-0.25, -0.2) is 5.48 Å². The van der Waals surface area contributed by atoms with Gasteiger partial charge in [-0.2, -0.15) is 13.2 Å². The third-order valence-electron chi connectivity index (χ3n) is 4.93. The maximum absolute atomic E-state index is 13.4. The number of likely N-dealkylation sites (N-methyl/N-ethyl adjacent to an activating group) is 1. The van der Waals surface area contributed by atoms with Gasteiger partial charge in [0.1, 0.15) is 5.70 Å². The van der Waals surface area contributed by atoms with Gasteiger partial charge in [0.2, 0.25) is 6.41 Å². The third kappa shape index (κ3) is 9.04. The lowest BCUT2D eigenvalue weighted by Crippen LogP contribution is -2.42. The van der Waals surface area contributed by atoms with Gasteiger partial charge in [-0.1, -0.05) is 29.8 Å². The Labute approximate surface area is 222 Å². The summed E-state index contributed by atoms with van der Waals surface area (Å²) in [4.78, 5) is 43.9. The molecule has 0 aliphatic carbocycles. The fourth-order valence-corrected chi connectivity index (χ4v) is 3.22. The number of carbonyl (C=O) groups excluding carboxylic acids is 3. The van der Waals surface area contributed by atoms with E-state index in [9.17, 15) is 27.6 Å². The lowest BCUT2D eigenvalue weighted by atomic mass is 10.2. The van der Waals surface area contributed by atoms with Crippen LogP contribution in [0.15, 0.2) is 71.8 Å². The van der Waals surface area contributed by atoms with E-state index in [4.69, 9.17) is 22.2 Å². The van der Waals surface area contributed by atoms with Gasteiger partial charge in [-0.15, -0.1) is 0 Å². The molecule has 9 nitrogen and oxygen atoms in total. The van der Waals surface area contributed by atoms with Crippen LogP contribution in [0.3, 0.4) is 0 Å². The second kappa shape index (κ2) is 13.4. The number of hydrogen-bond donors (Lipinski definition) is 3. The molecule has 2 aromatic carbocycles. The van der Waals surface area contributed by atoms with Crippen LogP contribution in [0, 0.1) is 0 Å². The van der Waals surface area contributed by atoms with Crippen LogP contribution in [-0.4, -0.2) is 48.5 Å². The molecule has 38 heavy (non-hydrogen) atoms. The lowest BCUT2D eigenvalue weighted by molar-refractivity contribution is -0.137. The minimum Gasteiger partial charge on any atom is -0.400 e. The highest BCUT2D eigenvalue weighted by Crippen LogP contribution is 2.31. The minimum absolute atomic E-state index is 0.103.